The number of carbonyl (C=O) groups excluding carboxylic acids is 1. The van der Waals surface area contributed by atoms with Crippen LogP contribution in [0.15, 0.2) is 0 Å². The van der Waals surface area contributed by atoms with Crippen molar-refractivity contribution in [1.82, 2.24) is 5.32 Å². The van der Waals surface area contributed by atoms with E-state index in [1.54, 1.807) is 0 Å². The lowest BCUT2D eigenvalue weighted by atomic mass is 10.1. The lowest BCUT2D eigenvalue weighted by Crippen LogP contribution is -2.49. The molecule has 0 spiro atoms. The van der Waals surface area contributed by atoms with E-state index in [-0.39, 0.29) is 0 Å². The minimum Gasteiger partial charge on any atom is -0.394 e. The highest BCUT2D eigenvalue weighted by molar-refractivity contribution is 5.80. The normalized spacial score (nSPS) is 14.9. The molecule has 0 aromatic heterocycles. The van der Waals surface area contributed by atoms with Gasteiger partial charge in [-0.25, -0.2) is 0 Å². The van der Waals surface area contributed by atoms with E-state index in [0.29, 0.717) is 0 Å². The second-order valence-electron chi connectivity index (χ2n) is 3.10. The van der Waals surface area contributed by atoms with E-state index in [1.165, 1.54) is 5.32 Å². The molecule has 0 fully saturated rings. The number of hydrogen-bond donors (Lipinski definition) is 3. The zero-order valence-corrected chi connectivity index (χ0v) is 8.14. The van der Waals surface area contributed by atoms with Crippen molar-refractivity contribution in [2.75, 3.05) is 13.2 Å². The molecule has 0 rings (SSSR count). The molecule has 0 heterocycles. The summed E-state index contributed by atoms with van der Waals surface area (Å²) in [6, 6.07) is 0. The van der Waals surface area contributed by atoms with Crippen LogP contribution in [0.2, 0.25) is 0 Å². The molecule has 0 aromatic rings. The smallest absolute Gasteiger partial charge is 0.394 e. The molecular formula is C7H9F6NO3. The second kappa shape index (κ2) is 5.54. The molecule has 1 atom stereocenters. The average Bonchev–Trinajstić information content (AvgIpc) is 2.09. The van der Waals surface area contributed by atoms with Gasteiger partial charge in [-0.3, -0.25) is 4.79 Å². The Bertz CT molecular complexity index is 249. The van der Waals surface area contributed by atoms with Crippen LogP contribution in [0, 0.1) is 5.92 Å². The molecule has 0 bridgehead atoms. The summed E-state index contributed by atoms with van der Waals surface area (Å²) in [6.45, 7) is -1.80. The predicted molar refractivity (Wildman–Crippen MR) is 41.7 cm³/mol. The molecule has 1 amide bonds. The van der Waals surface area contributed by atoms with Gasteiger partial charge in [0, 0.05) is 6.54 Å². The van der Waals surface area contributed by atoms with Crippen LogP contribution in [-0.2, 0) is 4.79 Å². The number of amides is 1. The average molecular weight is 269 g/mol. The van der Waals surface area contributed by atoms with Crippen molar-refractivity contribution in [3.8, 4) is 0 Å². The minimum atomic E-state index is -5.77. The van der Waals surface area contributed by atoms with Crippen molar-refractivity contribution in [3.05, 3.63) is 0 Å². The van der Waals surface area contributed by atoms with Gasteiger partial charge in [0.25, 0.3) is 0 Å². The lowest BCUT2D eigenvalue weighted by molar-refractivity contribution is -0.274. The van der Waals surface area contributed by atoms with E-state index in [0.717, 1.165) is 0 Å². The summed E-state index contributed by atoms with van der Waals surface area (Å²) in [4.78, 5) is 10.7. The molecule has 17 heavy (non-hydrogen) atoms. The highest BCUT2D eigenvalue weighted by atomic mass is 19.4. The highest BCUT2D eigenvalue weighted by Gasteiger charge is 2.61. The summed E-state index contributed by atoms with van der Waals surface area (Å²) in [5.41, 5.74) is 0. The Morgan fingerprint density at radius 1 is 1.12 bits per heavy atom. The van der Waals surface area contributed by atoms with Crippen LogP contribution < -0.4 is 5.32 Å². The summed E-state index contributed by atoms with van der Waals surface area (Å²) in [5.74, 6) is -6.47. The van der Waals surface area contributed by atoms with Crippen LogP contribution >= 0.6 is 0 Å². The topological polar surface area (TPSA) is 69.6 Å². The number of carbonyl (C=O) groups is 1. The van der Waals surface area contributed by atoms with Crippen molar-refractivity contribution in [2.45, 2.75) is 18.5 Å². The number of nitrogens with one attached hydrogen (secondary N) is 1. The maximum atomic E-state index is 12.0. The van der Waals surface area contributed by atoms with Crippen molar-refractivity contribution in [2.24, 2.45) is 5.92 Å². The fourth-order valence-electron chi connectivity index (χ4n) is 0.868. The molecule has 1 unspecified atom stereocenters. The van der Waals surface area contributed by atoms with Crippen LogP contribution in [0.25, 0.3) is 0 Å². The Kier molecular flexibility index (Phi) is 5.20. The van der Waals surface area contributed by atoms with Crippen LogP contribution in [0.5, 0.6) is 0 Å². The summed E-state index contributed by atoms with van der Waals surface area (Å²) in [7, 11) is 0. The zero-order chi connectivity index (χ0) is 13.9. The van der Waals surface area contributed by atoms with Gasteiger partial charge in [0.2, 0.25) is 11.8 Å². The van der Waals surface area contributed by atoms with Gasteiger partial charge in [-0.2, -0.15) is 26.3 Å². The molecule has 0 aliphatic carbocycles. The molecule has 0 radical (unpaired) electrons. The molecule has 0 aromatic carbocycles. The van der Waals surface area contributed by atoms with Gasteiger partial charge in [-0.15, -0.1) is 0 Å². The third-order valence-corrected chi connectivity index (χ3v) is 1.64. The molecule has 0 saturated carbocycles. The zero-order valence-electron chi connectivity index (χ0n) is 8.14. The Hall–Kier alpha value is -1.03. The Balaban J connectivity index is 4.69. The van der Waals surface area contributed by atoms with E-state index >= 15 is 0 Å². The van der Waals surface area contributed by atoms with E-state index in [9.17, 15) is 31.1 Å². The first-order valence-electron chi connectivity index (χ1n) is 4.20. The molecule has 102 valence electrons. The van der Waals surface area contributed by atoms with Gasteiger partial charge >= 0.3 is 12.4 Å². The third kappa shape index (κ3) is 5.22. The first-order valence-corrected chi connectivity index (χ1v) is 4.20. The van der Waals surface area contributed by atoms with E-state index in [1.807, 2.05) is 0 Å². The lowest BCUT2D eigenvalue weighted by Gasteiger charge is -2.22. The van der Waals surface area contributed by atoms with Gasteiger partial charge in [-0.1, -0.05) is 0 Å². The number of aliphatic hydroxyl groups is 2. The van der Waals surface area contributed by atoms with Crippen molar-refractivity contribution < 1.29 is 41.4 Å². The Morgan fingerprint density at radius 3 is 1.82 bits per heavy atom. The van der Waals surface area contributed by atoms with Gasteiger partial charge in [-0.05, 0) is 0 Å². The minimum absolute atomic E-state index is 0.900. The van der Waals surface area contributed by atoms with Gasteiger partial charge in [0.1, 0.15) is 0 Å². The number of alkyl halides is 6. The molecule has 0 saturated heterocycles. The second-order valence-corrected chi connectivity index (χ2v) is 3.10. The van der Waals surface area contributed by atoms with Crippen LogP contribution in [0.1, 0.15) is 0 Å². The highest BCUT2D eigenvalue weighted by Crippen LogP contribution is 2.39. The van der Waals surface area contributed by atoms with Crippen LogP contribution in [0.3, 0.4) is 0 Å². The molecule has 4 nitrogen and oxygen atoms in total. The summed E-state index contributed by atoms with van der Waals surface area (Å²) < 4.78 is 71.9. The number of halogens is 6. The summed E-state index contributed by atoms with van der Waals surface area (Å²) in [5, 5.41) is 18.2. The SMILES string of the molecule is O=C(NCC(O)CO)C(C(F)(F)F)C(F)(F)F. The maximum absolute atomic E-state index is 12.0. The van der Waals surface area contributed by atoms with Crippen molar-refractivity contribution >= 4 is 5.91 Å². The quantitative estimate of drug-likeness (QED) is 0.638. The molecule has 10 heteroatoms. The Morgan fingerprint density at radius 2 is 1.53 bits per heavy atom. The van der Waals surface area contributed by atoms with Crippen LogP contribution in [-0.4, -0.2) is 47.7 Å². The molecule has 3 N–H and O–H groups in total. The van der Waals surface area contributed by atoms with E-state index in [4.69, 9.17) is 10.2 Å². The summed E-state index contributed by atoms with van der Waals surface area (Å²) >= 11 is 0. The first-order chi connectivity index (χ1) is 7.50. The maximum Gasteiger partial charge on any atom is 0.409 e. The largest absolute Gasteiger partial charge is 0.409 e. The predicted octanol–water partition coefficient (Wildman–Crippen LogP) is 0.197. The molecule has 0 aliphatic heterocycles. The van der Waals surface area contributed by atoms with E-state index < -0.39 is 43.4 Å². The van der Waals surface area contributed by atoms with Gasteiger partial charge in [0.05, 0.1) is 12.7 Å². The molecular weight excluding hydrogens is 260 g/mol. The summed E-state index contributed by atoms with van der Waals surface area (Å²) in [6.07, 6.45) is -13.2. The monoisotopic (exact) mass is 269 g/mol. The van der Waals surface area contributed by atoms with Crippen molar-refractivity contribution in [1.29, 1.82) is 0 Å². The Labute approximate surface area is 91.2 Å². The van der Waals surface area contributed by atoms with E-state index in [2.05, 4.69) is 0 Å². The van der Waals surface area contributed by atoms with Gasteiger partial charge < -0.3 is 15.5 Å². The first kappa shape index (κ1) is 16.0. The van der Waals surface area contributed by atoms with Gasteiger partial charge in [0.15, 0.2) is 0 Å². The number of hydrogen-bond acceptors (Lipinski definition) is 3. The van der Waals surface area contributed by atoms with Crippen LogP contribution in [0.4, 0.5) is 26.3 Å². The third-order valence-electron chi connectivity index (χ3n) is 1.64. The molecule has 0 aliphatic rings. The standard InChI is InChI=1S/C7H9F6NO3/c8-6(9,10)4(7(11,12)13)5(17)14-1-3(16)2-15/h3-4,15-16H,1-2H2,(H,14,17). The number of rotatable bonds is 4. The number of aliphatic hydroxyl groups excluding tert-OH is 2. The fraction of sp³-hybridized carbons (Fsp3) is 0.857. The van der Waals surface area contributed by atoms with Crippen molar-refractivity contribution in [3.63, 3.8) is 0 Å². The fourth-order valence-corrected chi connectivity index (χ4v) is 0.868.